The molecule has 0 aromatic carbocycles. The molecular formula is C8H4Cl2N2O. The molecule has 0 fully saturated rings. The molecule has 0 N–H and O–H groups in total. The molecule has 2 rings (SSSR count). The molecule has 0 unspecified atom stereocenters. The van der Waals surface area contributed by atoms with Gasteiger partial charge in [0.25, 0.3) is 0 Å². The molecule has 0 aliphatic heterocycles. The van der Waals surface area contributed by atoms with E-state index in [9.17, 15) is 0 Å². The van der Waals surface area contributed by atoms with Gasteiger partial charge in [-0.25, -0.2) is 0 Å². The Morgan fingerprint density at radius 1 is 1.31 bits per heavy atom. The third kappa shape index (κ3) is 1.66. The van der Waals surface area contributed by atoms with Crippen LogP contribution in [-0.4, -0.2) is 10.1 Å². The van der Waals surface area contributed by atoms with Crippen molar-refractivity contribution in [3.8, 4) is 11.4 Å². The van der Waals surface area contributed by atoms with Crippen LogP contribution in [0.4, 0.5) is 0 Å². The summed E-state index contributed by atoms with van der Waals surface area (Å²) in [6.45, 7) is 0. The normalized spacial score (nSPS) is 10.3. The van der Waals surface area contributed by atoms with Gasteiger partial charge >= 0.3 is 0 Å². The molecule has 0 spiro atoms. The fourth-order valence-electron chi connectivity index (χ4n) is 0.938. The van der Waals surface area contributed by atoms with E-state index in [-0.39, 0.29) is 0 Å². The lowest BCUT2D eigenvalue weighted by molar-refractivity contribution is 0.422. The van der Waals surface area contributed by atoms with E-state index < -0.39 is 0 Å². The lowest BCUT2D eigenvalue weighted by Gasteiger charge is -1.97. The van der Waals surface area contributed by atoms with E-state index in [1.807, 2.05) is 0 Å². The summed E-state index contributed by atoms with van der Waals surface area (Å²) in [5.74, 6) is 0. The number of nitrogens with zero attached hydrogens (tertiary/aromatic N) is 2. The third-order valence-corrected chi connectivity index (χ3v) is 1.98. The van der Waals surface area contributed by atoms with Crippen LogP contribution in [0.25, 0.3) is 11.4 Å². The minimum atomic E-state index is 0.460. The molecule has 0 atom stereocenters. The number of pyridine rings is 1. The van der Waals surface area contributed by atoms with Crippen LogP contribution in [0.15, 0.2) is 29.1 Å². The van der Waals surface area contributed by atoms with Crippen LogP contribution in [0.5, 0.6) is 0 Å². The zero-order valence-electron chi connectivity index (χ0n) is 6.37. The Morgan fingerprint density at radius 3 is 2.77 bits per heavy atom. The molecule has 0 amide bonds. The van der Waals surface area contributed by atoms with Crippen LogP contribution in [-0.2, 0) is 0 Å². The molecular weight excluding hydrogens is 211 g/mol. The predicted molar refractivity (Wildman–Crippen MR) is 49.8 cm³/mol. The average molecular weight is 215 g/mol. The zero-order chi connectivity index (χ0) is 9.26. The SMILES string of the molecule is Clc1cnc(-c2ccon2)c(Cl)c1. The zero-order valence-corrected chi connectivity index (χ0v) is 7.88. The number of rotatable bonds is 1. The van der Waals surface area contributed by atoms with Crippen molar-refractivity contribution in [1.29, 1.82) is 0 Å². The van der Waals surface area contributed by atoms with E-state index in [1.54, 1.807) is 12.1 Å². The first kappa shape index (κ1) is 8.53. The van der Waals surface area contributed by atoms with Gasteiger partial charge in [-0.15, -0.1) is 0 Å². The lowest BCUT2D eigenvalue weighted by Crippen LogP contribution is -1.84. The summed E-state index contributed by atoms with van der Waals surface area (Å²) in [5.41, 5.74) is 1.17. The molecule has 66 valence electrons. The first-order chi connectivity index (χ1) is 6.27. The second kappa shape index (κ2) is 3.36. The minimum Gasteiger partial charge on any atom is -0.364 e. The molecule has 0 bridgehead atoms. The van der Waals surface area contributed by atoms with Gasteiger partial charge in [-0.3, -0.25) is 4.98 Å². The van der Waals surface area contributed by atoms with Crippen LogP contribution < -0.4 is 0 Å². The van der Waals surface area contributed by atoms with E-state index >= 15 is 0 Å². The van der Waals surface area contributed by atoms with Gasteiger partial charge in [0.05, 0.1) is 10.0 Å². The van der Waals surface area contributed by atoms with Gasteiger partial charge in [0.1, 0.15) is 17.7 Å². The Bertz CT molecular complexity index is 414. The van der Waals surface area contributed by atoms with Crippen molar-refractivity contribution in [2.45, 2.75) is 0 Å². The van der Waals surface area contributed by atoms with Crippen LogP contribution in [0.3, 0.4) is 0 Å². The number of hydrogen-bond acceptors (Lipinski definition) is 3. The fraction of sp³-hybridized carbons (Fsp3) is 0. The Balaban J connectivity index is 2.53. The molecule has 2 aromatic heterocycles. The molecule has 13 heavy (non-hydrogen) atoms. The highest BCUT2D eigenvalue weighted by atomic mass is 35.5. The monoisotopic (exact) mass is 214 g/mol. The summed E-state index contributed by atoms with van der Waals surface area (Å²) in [6, 6.07) is 3.29. The average Bonchev–Trinajstić information content (AvgIpc) is 2.56. The Kier molecular flexibility index (Phi) is 2.20. The van der Waals surface area contributed by atoms with Crippen molar-refractivity contribution in [3.63, 3.8) is 0 Å². The maximum Gasteiger partial charge on any atom is 0.133 e. The number of hydrogen-bond donors (Lipinski definition) is 0. The summed E-state index contributed by atoms with van der Waals surface area (Å²) < 4.78 is 4.67. The van der Waals surface area contributed by atoms with Crippen molar-refractivity contribution < 1.29 is 4.52 Å². The molecule has 0 aliphatic carbocycles. The number of halogens is 2. The summed E-state index contributed by atoms with van der Waals surface area (Å²) >= 11 is 11.6. The van der Waals surface area contributed by atoms with Gasteiger partial charge in [0, 0.05) is 12.3 Å². The number of aromatic nitrogens is 2. The van der Waals surface area contributed by atoms with Gasteiger partial charge in [-0.05, 0) is 6.07 Å². The van der Waals surface area contributed by atoms with Gasteiger partial charge in [0.15, 0.2) is 0 Å². The second-order valence-corrected chi connectivity index (χ2v) is 3.21. The Labute approximate surface area is 84.3 Å². The Hall–Kier alpha value is -1.06. The lowest BCUT2D eigenvalue weighted by atomic mass is 10.3. The highest BCUT2D eigenvalue weighted by molar-refractivity contribution is 6.35. The standard InChI is InChI=1S/C8H4Cl2N2O/c9-5-3-6(10)8(11-4-5)7-1-2-13-12-7/h1-4H. The van der Waals surface area contributed by atoms with Crippen LogP contribution >= 0.6 is 23.2 Å². The van der Waals surface area contributed by atoms with Crippen molar-refractivity contribution in [3.05, 3.63) is 34.6 Å². The van der Waals surface area contributed by atoms with Crippen LogP contribution in [0.2, 0.25) is 10.0 Å². The first-order valence-electron chi connectivity index (χ1n) is 3.49. The summed E-state index contributed by atoms with van der Waals surface area (Å²) in [7, 11) is 0. The maximum atomic E-state index is 5.89. The minimum absolute atomic E-state index is 0.460. The van der Waals surface area contributed by atoms with E-state index in [1.165, 1.54) is 12.5 Å². The molecule has 2 aromatic rings. The van der Waals surface area contributed by atoms with E-state index in [0.29, 0.717) is 21.4 Å². The van der Waals surface area contributed by atoms with Crippen LogP contribution in [0, 0.1) is 0 Å². The molecule has 3 nitrogen and oxygen atoms in total. The molecule has 0 saturated carbocycles. The van der Waals surface area contributed by atoms with Gasteiger partial charge in [-0.1, -0.05) is 28.4 Å². The van der Waals surface area contributed by atoms with Crippen molar-refractivity contribution in [1.82, 2.24) is 10.1 Å². The van der Waals surface area contributed by atoms with Gasteiger partial charge < -0.3 is 4.52 Å². The molecule has 5 heteroatoms. The fourth-order valence-corrected chi connectivity index (χ4v) is 1.41. The largest absolute Gasteiger partial charge is 0.364 e. The smallest absolute Gasteiger partial charge is 0.133 e. The van der Waals surface area contributed by atoms with Crippen molar-refractivity contribution in [2.24, 2.45) is 0 Å². The molecule has 2 heterocycles. The summed E-state index contributed by atoms with van der Waals surface area (Å²) in [6.07, 6.45) is 2.97. The van der Waals surface area contributed by atoms with Crippen molar-refractivity contribution in [2.75, 3.05) is 0 Å². The van der Waals surface area contributed by atoms with Crippen molar-refractivity contribution >= 4 is 23.2 Å². The van der Waals surface area contributed by atoms with Crippen LogP contribution in [0.1, 0.15) is 0 Å². The molecule has 0 aliphatic rings. The highest BCUT2D eigenvalue weighted by Gasteiger charge is 2.07. The van der Waals surface area contributed by atoms with E-state index in [4.69, 9.17) is 23.2 Å². The molecule has 0 saturated heterocycles. The quantitative estimate of drug-likeness (QED) is 0.733. The topological polar surface area (TPSA) is 38.9 Å². The van der Waals surface area contributed by atoms with E-state index in [0.717, 1.165) is 0 Å². The maximum absolute atomic E-state index is 5.89. The summed E-state index contributed by atoms with van der Waals surface area (Å²) in [4.78, 5) is 4.03. The second-order valence-electron chi connectivity index (χ2n) is 2.37. The van der Waals surface area contributed by atoms with Gasteiger partial charge in [0.2, 0.25) is 0 Å². The predicted octanol–water partition coefficient (Wildman–Crippen LogP) is 3.04. The summed E-state index contributed by atoms with van der Waals surface area (Å²) in [5, 5.41) is 4.67. The highest BCUT2D eigenvalue weighted by Crippen LogP contribution is 2.26. The third-order valence-electron chi connectivity index (χ3n) is 1.49. The Morgan fingerprint density at radius 2 is 2.15 bits per heavy atom. The molecule has 0 radical (unpaired) electrons. The van der Waals surface area contributed by atoms with E-state index in [2.05, 4.69) is 14.7 Å². The van der Waals surface area contributed by atoms with Gasteiger partial charge in [-0.2, -0.15) is 0 Å². The first-order valence-corrected chi connectivity index (χ1v) is 4.25.